The Balaban J connectivity index is 1.76. The molecule has 0 fully saturated rings. The lowest BCUT2D eigenvalue weighted by Gasteiger charge is -2.00. The summed E-state index contributed by atoms with van der Waals surface area (Å²) >= 11 is 0. The van der Waals surface area contributed by atoms with E-state index in [1.807, 2.05) is 30.5 Å². The number of hydrogen-bond donors (Lipinski definition) is 0. The fourth-order valence-electron chi connectivity index (χ4n) is 1.96. The van der Waals surface area contributed by atoms with Crippen LogP contribution in [0.1, 0.15) is 12.0 Å². The van der Waals surface area contributed by atoms with Gasteiger partial charge in [0.15, 0.2) is 0 Å². The molecule has 0 bridgehead atoms. The van der Waals surface area contributed by atoms with Gasteiger partial charge in [-0.05, 0) is 35.8 Å². The third kappa shape index (κ3) is 2.86. The van der Waals surface area contributed by atoms with Gasteiger partial charge in [0.25, 0.3) is 0 Å². The molecule has 2 heteroatoms. The van der Waals surface area contributed by atoms with Crippen LogP contribution in [0.2, 0.25) is 0 Å². The van der Waals surface area contributed by atoms with Crippen molar-refractivity contribution >= 4 is 6.08 Å². The molecule has 3 rings (SSSR count). The van der Waals surface area contributed by atoms with Crippen LogP contribution in [0.4, 0.5) is 0 Å². The lowest BCUT2D eigenvalue weighted by molar-refractivity contribution is 1.24. The highest BCUT2D eigenvalue weighted by Crippen LogP contribution is 2.16. The van der Waals surface area contributed by atoms with E-state index in [1.54, 1.807) is 6.20 Å². The zero-order valence-electron chi connectivity index (χ0n) is 10.5. The molecule has 2 nitrogen and oxygen atoms in total. The summed E-state index contributed by atoms with van der Waals surface area (Å²) in [6.45, 7) is 0. The summed E-state index contributed by atoms with van der Waals surface area (Å²) in [6, 6.07) is 9.91. The van der Waals surface area contributed by atoms with Crippen molar-refractivity contribution in [2.45, 2.75) is 6.42 Å². The number of hydrogen-bond acceptors (Lipinski definition) is 2. The molecule has 0 N–H and O–H groups in total. The Morgan fingerprint density at radius 3 is 2.58 bits per heavy atom. The molecule has 0 spiro atoms. The molecular formula is C17H14N2. The maximum absolute atomic E-state index is 4.45. The van der Waals surface area contributed by atoms with Gasteiger partial charge >= 0.3 is 0 Å². The minimum Gasteiger partial charge on any atom is -0.255 e. The average molecular weight is 246 g/mol. The van der Waals surface area contributed by atoms with Gasteiger partial charge in [0.2, 0.25) is 0 Å². The first-order chi connectivity index (χ1) is 9.42. The van der Waals surface area contributed by atoms with Gasteiger partial charge in [-0.1, -0.05) is 42.5 Å². The van der Waals surface area contributed by atoms with E-state index < -0.39 is 0 Å². The molecular weight excluding hydrogens is 232 g/mol. The van der Waals surface area contributed by atoms with E-state index in [0.29, 0.717) is 0 Å². The first-order valence-corrected chi connectivity index (χ1v) is 6.33. The van der Waals surface area contributed by atoms with Crippen LogP contribution in [-0.2, 0) is 0 Å². The van der Waals surface area contributed by atoms with Crippen molar-refractivity contribution in [3.8, 4) is 11.4 Å². The molecule has 92 valence electrons. The molecule has 0 saturated heterocycles. The van der Waals surface area contributed by atoms with E-state index in [-0.39, 0.29) is 0 Å². The number of nitrogens with zero attached hydrogens (tertiary/aromatic N) is 2. The standard InChI is InChI=1S/C17H14N2/c1-2-6-14(5-1)8-9-15-10-11-17(19-13-15)16-7-3-4-12-18-16/h1-5,7-13H,6H2/b9-8+. The quantitative estimate of drug-likeness (QED) is 0.816. The van der Waals surface area contributed by atoms with Crippen molar-refractivity contribution in [3.05, 3.63) is 78.2 Å². The number of aromatic nitrogens is 2. The Labute approximate surface area is 112 Å². The Morgan fingerprint density at radius 2 is 1.89 bits per heavy atom. The highest BCUT2D eigenvalue weighted by atomic mass is 14.8. The van der Waals surface area contributed by atoms with Crippen LogP contribution in [0.25, 0.3) is 17.5 Å². The highest BCUT2D eigenvalue weighted by Gasteiger charge is 1.99. The fourth-order valence-corrected chi connectivity index (χ4v) is 1.96. The Kier molecular flexibility index (Phi) is 3.32. The molecule has 1 aliphatic carbocycles. The summed E-state index contributed by atoms with van der Waals surface area (Å²) in [5, 5.41) is 0. The van der Waals surface area contributed by atoms with Crippen LogP contribution in [0, 0.1) is 0 Å². The van der Waals surface area contributed by atoms with Gasteiger partial charge in [0.1, 0.15) is 0 Å². The van der Waals surface area contributed by atoms with Gasteiger partial charge in [0, 0.05) is 12.4 Å². The zero-order chi connectivity index (χ0) is 12.9. The second kappa shape index (κ2) is 5.44. The smallest absolute Gasteiger partial charge is 0.0886 e. The van der Waals surface area contributed by atoms with Gasteiger partial charge in [-0.15, -0.1) is 0 Å². The van der Waals surface area contributed by atoms with Crippen molar-refractivity contribution in [2.24, 2.45) is 0 Å². The van der Waals surface area contributed by atoms with E-state index in [0.717, 1.165) is 23.4 Å². The van der Waals surface area contributed by atoms with Gasteiger partial charge in [-0.25, -0.2) is 0 Å². The van der Waals surface area contributed by atoms with Crippen LogP contribution >= 0.6 is 0 Å². The summed E-state index contributed by atoms with van der Waals surface area (Å²) in [5.74, 6) is 0. The predicted molar refractivity (Wildman–Crippen MR) is 78.3 cm³/mol. The Hall–Kier alpha value is -2.48. The van der Waals surface area contributed by atoms with Crippen LogP contribution < -0.4 is 0 Å². The molecule has 0 saturated carbocycles. The molecule has 2 aromatic heterocycles. The predicted octanol–water partition coefficient (Wildman–Crippen LogP) is 4.04. The van der Waals surface area contributed by atoms with Gasteiger partial charge in [-0.2, -0.15) is 0 Å². The fraction of sp³-hybridized carbons (Fsp3) is 0.0588. The SMILES string of the molecule is C1=CCC(/C=C/c2ccc(-c3ccccn3)nc2)=C1. The molecule has 0 aliphatic heterocycles. The van der Waals surface area contributed by atoms with E-state index in [4.69, 9.17) is 0 Å². The van der Waals surface area contributed by atoms with Crippen molar-refractivity contribution in [1.29, 1.82) is 0 Å². The largest absolute Gasteiger partial charge is 0.255 e. The molecule has 1 aliphatic rings. The summed E-state index contributed by atoms with van der Waals surface area (Å²) in [5.41, 5.74) is 4.24. The zero-order valence-corrected chi connectivity index (χ0v) is 10.5. The molecule has 0 atom stereocenters. The maximum Gasteiger partial charge on any atom is 0.0886 e. The maximum atomic E-state index is 4.45. The Morgan fingerprint density at radius 1 is 0.947 bits per heavy atom. The molecule has 0 aromatic carbocycles. The first kappa shape index (κ1) is 11.6. The van der Waals surface area contributed by atoms with E-state index in [2.05, 4.69) is 46.4 Å². The van der Waals surface area contributed by atoms with Crippen molar-refractivity contribution in [3.63, 3.8) is 0 Å². The summed E-state index contributed by atoms with van der Waals surface area (Å²) < 4.78 is 0. The molecule has 0 unspecified atom stereocenters. The summed E-state index contributed by atoms with van der Waals surface area (Å²) in [4.78, 5) is 8.74. The van der Waals surface area contributed by atoms with Crippen LogP contribution in [0.3, 0.4) is 0 Å². The van der Waals surface area contributed by atoms with Gasteiger partial charge in [-0.3, -0.25) is 9.97 Å². The Bertz CT molecular complexity index is 635. The number of pyridine rings is 2. The number of allylic oxidation sites excluding steroid dienone is 5. The van der Waals surface area contributed by atoms with E-state index in [9.17, 15) is 0 Å². The van der Waals surface area contributed by atoms with E-state index in [1.165, 1.54) is 5.57 Å². The molecule has 0 amide bonds. The molecule has 19 heavy (non-hydrogen) atoms. The monoisotopic (exact) mass is 246 g/mol. The minimum absolute atomic E-state index is 0.902. The lowest BCUT2D eigenvalue weighted by Crippen LogP contribution is -1.86. The van der Waals surface area contributed by atoms with E-state index >= 15 is 0 Å². The molecule has 2 heterocycles. The summed E-state index contributed by atoms with van der Waals surface area (Å²) in [7, 11) is 0. The number of rotatable bonds is 3. The average Bonchev–Trinajstić information content (AvgIpc) is 3.00. The third-order valence-corrected chi connectivity index (χ3v) is 3.00. The summed E-state index contributed by atoms with van der Waals surface area (Å²) in [6.07, 6.45) is 15.3. The van der Waals surface area contributed by atoms with Gasteiger partial charge < -0.3 is 0 Å². The van der Waals surface area contributed by atoms with Gasteiger partial charge in [0.05, 0.1) is 11.4 Å². The van der Waals surface area contributed by atoms with Crippen LogP contribution in [0.5, 0.6) is 0 Å². The molecule has 2 aromatic rings. The second-order valence-electron chi connectivity index (χ2n) is 4.40. The molecule has 0 radical (unpaired) electrons. The topological polar surface area (TPSA) is 25.8 Å². The van der Waals surface area contributed by atoms with Crippen molar-refractivity contribution in [1.82, 2.24) is 9.97 Å². The van der Waals surface area contributed by atoms with Crippen molar-refractivity contribution in [2.75, 3.05) is 0 Å². The first-order valence-electron chi connectivity index (χ1n) is 6.33. The third-order valence-electron chi connectivity index (χ3n) is 3.00. The second-order valence-corrected chi connectivity index (χ2v) is 4.40. The normalized spacial score (nSPS) is 14.0. The highest BCUT2D eigenvalue weighted by molar-refractivity contribution is 5.58. The van der Waals surface area contributed by atoms with Crippen LogP contribution in [-0.4, -0.2) is 9.97 Å². The minimum atomic E-state index is 0.902. The van der Waals surface area contributed by atoms with Crippen LogP contribution in [0.15, 0.2) is 72.6 Å². The van der Waals surface area contributed by atoms with Crippen molar-refractivity contribution < 1.29 is 0 Å². The lowest BCUT2D eigenvalue weighted by atomic mass is 10.1.